The largest absolute Gasteiger partial charge is 0.491 e. The van der Waals surface area contributed by atoms with Crippen LogP contribution in [-0.4, -0.2) is 49.3 Å². The van der Waals surface area contributed by atoms with Gasteiger partial charge in [0.2, 0.25) is 0 Å². The Kier molecular flexibility index (Phi) is 5.17. The molecule has 3 aromatic heterocycles. The Morgan fingerprint density at radius 2 is 2.09 bits per heavy atom. The minimum atomic E-state index is -0.317. The van der Waals surface area contributed by atoms with Crippen LogP contribution >= 0.6 is 0 Å². The average Bonchev–Trinajstić information content (AvgIpc) is 3.09. The highest BCUT2D eigenvalue weighted by atomic mass is 16.5. The fraction of sp³-hybridized carbons (Fsp3) is 0.385. The van der Waals surface area contributed by atoms with E-state index in [0.29, 0.717) is 13.2 Å². The van der Waals surface area contributed by atoms with Gasteiger partial charge in [0, 0.05) is 35.1 Å². The van der Waals surface area contributed by atoms with Gasteiger partial charge >= 0.3 is 0 Å². The molecular weight excluding hydrogens is 428 g/mol. The molecular formula is C26H28N6O2. The van der Waals surface area contributed by atoms with Crippen LogP contribution in [0.25, 0.3) is 22.3 Å². The van der Waals surface area contributed by atoms with E-state index in [-0.39, 0.29) is 12.0 Å². The Morgan fingerprint density at radius 1 is 1.18 bits per heavy atom. The fourth-order valence-corrected chi connectivity index (χ4v) is 5.17. The van der Waals surface area contributed by atoms with Crippen LogP contribution in [0.3, 0.4) is 0 Å². The number of hydrogen-bond donors (Lipinski definition) is 2. The molecule has 8 heteroatoms. The molecule has 0 saturated carbocycles. The number of nitrogens with zero attached hydrogens (tertiary/aromatic N) is 5. The third-order valence-corrected chi connectivity index (χ3v) is 7.04. The second kappa shape index (κ2) is 8.36. The maximum Gasteiger partial charge on any atom is 0.177 e. The van der Waals surface area contributed by atoms with Gasteiger partial charge in [-0.2, -0.15) is 0 Å². The molecule has 2 aliphatic rings. The lowest BCUT2D eigenvalue weighted by molar-refractivity contribution is 0.116. The number of aliphatic hydroxyl groups excluding tert-OH is 1. The summed E-state index contributed by atoms with van der Waals surface area (Å²) in [6.07, 6.45) is 5.87. The fourth-order valence-electron chi connectivity index (χ4n) is 5.17. The molecule has 4 aromatic rings. The van der Waals surface area contributed by atoms with E-state index in [0.717, 1.165) is 76.7 Å². The number of ether oxygens (including phenoxy) is 1. The van der Waals surface area contributed by atoms with Crippen LogP contribution in [0.5, 0.6) is 5.75 Å². The van der Waals surface area contributed by atoms with Crippen molar-refractivity contribution in [3.8, 4) is 16.9 Å². The van der Waals surface area contributed by atoms with Crippen LogP contribution in [0.15, 0.2) is 36.8 Å². The first kappa shape index (κ1) is 21.0. The van der Waals surface area contributed by atoms with Crippen LogP contribution in [-0.2, 0) is 19.4 Å². The molecule has 2 N–H and O–H groups in total. The van der Waals surface area contributed by atoms with Crippen LogP contribution in [0, 0.1) is 12.8 Å². The monoisotopic (exact) mass is 456 g/mol. The molecule has 1 aliphatic carbocycles. The molecule has 174 valence electrons. The van der Waals surface area contributed by atoms with Gasteiger partial charge in [-0.3, -0.25) is 0 Å². The molecule has 0 fully saturated rings. The second-order valence-electron chi connectivity index (χ2n) is 9.38. The summed E-state index contributed by atoms with van der Waals surface area (Å²) in [5.74, 6) is 3.02. The Bertz CT molecular complexity index is 1360. The van der Waals surface area contributed by atoms with Gasteiger partial charge in [0.1, 0.15) is 30.3 Å². The van der Waals surface area contributed by atoms with E-state index in [2.05, 4.69) is 49.1 Å². The average molecular weight is 457 g/mol. The highest BCUT2D eigenvalue weighted by Gasteiger charge is 2.28. The van der Waals surface area contributed by atoms with Crippen molar-refractivity contribution in [2.75, 3.05) is 18.1 Å². The van der Waals surface area contributed by atoms with Gasteiger partial charge in [0.15, 0.2) is 5.65 Å². The molecule has 0 spiro atoms. The lowest BCUT2D eigenvalue weighted by Crippen LogP contribution is -2.31. The van der Waals surface area contributed by atoms with Crippen molar-refractivity contribution < 1.29 is 9.84 Å². The molecule has 2 atom stereocenters. The predicted octanol–water partition coefficient (Wildman–Crippen LogP) is 3.61. The Labute approximate surface area is 198 Å². The summed E-state index contributed by atoms with van der Waals surface area (Å²) in [5.41, 5.74) is 7.20. The standard InChI is InChI=1S/C26H28N6O2/c1-15(33)17-3-5-21-22(10-17)28-14-29-26(21)32-7-8-34-24-6-4-18(9-20(24)13-32)19-11-23-25(27-12-19)31-16(2)30-23/h4,6,9,11-12,14-15,17,33H,3,5,7-8,10,13H2,1-2H3,(H,27,30,31). The summed E-state index contributed by atoms with van der Waals surface area (Å²) in [4.78, 5) is 23.8. The van der Waals surface area contributed by atoms with Crippen molar-refractivity contribution in [3.63, 3.8) is 0 Å². The third kappa shape index (κ3) is 3.77. The van der Waals surface area contributed by atoms with Gasteiger partial charge < -0.3 is 19.7 Å². The number of aromatic nitrogens is 5. The maximum absolute atomic E-state index is 10.1. The van der Waals surface area contributed by atoms with Crippen molar-refractivity contribution in [1.82, 2.24) is 24.9 Å². The number of nitrogens with one attached hydrogen (secondary N) is 1. The number of H-pyrrole nitrogens is 1. The van der Waals surface area contributed by atoms with Gasteiger partial charge in [-0.05, 0) is 62.8 Å². The normalized spacial score (nSPS) is 18.7. The topological polar surface area (TPSA) is 100 Å². The molecule has 1 aliphatic heterocycles. The van der Waals surface area contributed by atoms with E-state index >= 15 is 0 Å². The third-order valence-electron chi connectivity index (χ3n) is 7.04. The van der Waals surface area contributed by atoms with E-state index < -0.39 is 0 Å². The van der Waals surface area contributed by atoms with E-state index in [1.54, 1.807) is 6.33 Å². The number of anilines is 1. The molecule has 0 amide bonds. The first-order chi connectivity index (χ1) is 16.5. The van der Waals surface area contributed by atoms with Gasteiger partial charge in [-0.15, -0.1) is 0 Å². The minimum absolute atomic E-state index is 0.260. The van der Waals surface area contributed by atoms with Crippen LogP contribution < -0.4 is 9.64 Å². The summed E-state index contributed by atoms with van der Waals surface area (Å²) < 4.78 is 6.11. The van der Waals surface area contributed by atoms with E-state index in [1.807, 2.05) is 20.0 Å². The summed E-state index contributed by atoms with van der Waals surface area (Å²) in [7, 11) is 0. The van der Waals surface area contributed by atoms with Gasteiger partial charge in [0.25, 0.3) is 0 Å². The second-order valence-corrected chi connectivity index (χ2v) is 9.38. The van der Waals surface area contributed by atoms with Crippen molar-refractivity contribution in [3.05, 3.63) is 59.4 Å². The Balaban J connectivity index is 1.32. The summed E-state index contributed by atoms with van der Waals surface area (Å²) in [6, 6.07) is 8.43. The highest BCUT2D eigenvalue weighted by Crippen LogP contribution is 2.35. The van der Waals surface area contributed by atoms with Crippen molar-refractivity contribution in [1.29, 1.82) is 0 Å². The van der Waals surface area contributed by atoms with Crippen molar-refractivity contribution >= 4 is 17.0 Å². The van der Waals surface area contributed by atoms with Crippen LogP contribution in [0.1, 0.15) is 36.0 Å². The van der Waals surface area contributed by atoms with Crippen LogP contribution in [0.4, 0.5) is 5.82 Å². The molecule has 0 radical (unpaired) electrons. The quantitative estimate of drug-likeness (QED) is 0.486. The maximum atomic E-state index is 10.1. The molecule has 1 aromatic carbocycles. The zero-order valence-electron chi connectivity index (χ0n) is 19.5. The SMILES string of the molecule is Cc1nc2ncc(-c3ccc4c(c3)CN(c3ncnc5c3CCC(C(C)O)C5)CCO4)cc2[nH]1. The van der Waals surface area contributed by atoms with Gasteiger partial charge in [-0.25, -0.2) is 19.9 Å². The molecule has 2 unspecified atom stereocenters. The molecule has 0 bridgehead atoms. The van der Waals surface area contributed by atoms with E-state index in [9.17, 15) is 5.11 Å². The Hall–Kier alpha value is -3.52. The number of imidazole rings is 1. The number of aliphatic hydroxyl groups is 1. The molecule has 6 rings (SSSR count). The number of fused-ring (bicyclic) bond motifs is 3. The molecule has 0 saturated heterocycles. The van der Waals surface area contributed by atoms with Crippen molar-refractivity contribution in [2.45, 2.75) is 45.8 Å². The first-order valence-electron chi connectivity index (χ1n) is 11.9. The number of benzene rings is 1. The summed E-state index contributed by atoms with van der Waals surface area (Å²) in [6.45, 7) is 5.88. The number of aryl methyl sites for hydroxylation is 1. The number of aromatic amines is 1. The predicted molar refractivity (Wildman–Crippen MR) is 130 cm³/mol. The van der Waals surface area contributed by atoms with E-state index in [4.69, 9.17) is 9.72 Å². The number of hydrogen-bond acceptors (Lipinski definition) is 7. The smallest absolute Gasteiger partial charge is 0.177 e. The molecule has 4 heterocycles. The molecule has 34 heavy (non-hydrogen) atoms. The van der Waals surface area contributed by atoms with Gasteiger partial charge in [0.05, 0.1) is 18.2 Å². The zero-order chi connectivity index (χ0) is 23.2. The van der Waals surface area contributed by atoms with Crippen molar-refractivity contribution in [2.24, 2.45) is 5.92 Å². The number of rotatable bonds is 3. The lowest BCUT2D eigenvalue weighted by Gasteiger charge is -2.30. The van der Waals surface area contributed by atoms with E-state index in [1.165, 1.54) is 5.56 Å². The summed E-state index contributed by atoms with van der Waals surface area (Å²) >= 11 is 0. The lowest BCUT2D eigenvalue weighted by atomic mass is 9.84. The van der Waals surface area contributed by atoms with Crippen LogP contribution in [0.2, 0.25) is 0 Å². The summed E-state index contributed by atoms with van der Waals surface area (Å²) in [5, 5.41) is 10.1. The van der Waals surface area contributed by atoms with Gasteiger partial charge in [-0.1, -0.05) is 6.07 Å². The number of pyridine rings is 1. The minimum Gasteiger partial charge on any atom is -0.491 e. The first-order valence-corrected chi connectivity index (χ1v) is 11.9. The highest BCUT2D eigenvalue weighted by molar-refractivity contribution is 5.78. The Morgan fingerprint density at radius 3 is 2.97 bits per heavy atom. The zero-order valence-corrected chi connectivity index (χ0v) is 19.5. The molecule has 8 nitrogen and oxygen atoms in total.